The Labute approximate surface area is 70.6 Å². The van der Waals surface area contributed by atoms with Crippen LogP contribution in [0.25, 0.3) is 0 Å². The van der Waals surface area contributed by atoms with Crippen molar-refractivity contribution in [3.63, 3.8) is 0 Å². The highest BCUT2D eigenvalue weighted by molar-refractivity contribution is 4.80. The summed E-state index contributed by atoms with van der Waals surface area (Å²) in [6, 6.07) is 0. The van der Waals surface area contributed by atoms with Crippen LogP contribution in [0, 0.1) is 6.20 Å². The zero-order valence-electron chi connectivity index (χ0n) is 5.42. The molecule has 4 nitrogen and oxygen atoms in total. The second-order valence-electron chi connectivity index (χ2n) is 1.66. The number of nitrogens with two attached hydrogens (primary N) is 1. The number of hydrazine groups is 3. The van der Waals surface area contributed by atoms with Gasteiger partial charge in [0.05, 0.1) is 0 Å². The molecule has 0 saturated carbocycles. The first kappa shape index (κ1) is 9.39. The first-order chi connectivity index (χ1) is 4.33. The maximum Gasteiger partial charge on any atom is 0.411 e. The van der Waals surface area contributed by atoms with Gasteiger partial charge in [0.15, 0.2) is 0 Å². The van der Waals surface area contributed by atoms with Crippen molar-refractivity contribution in [2.24, 2.45) is 5.84 Å². The Morgan fingerprint density at radius 1 is 1.80 bits per heavy atom. The molecule has 1 heterocycles. The topological polar surface area (TPSA) is 44.5 Å². The fraction of sp³-hybridized carbons (Fsp3) is 0.200. The summed E-state index contributed by atoms with van der Waals surface area (Å²) in [7, 11) is 0. The minimum atomic E-state index is 0. The molecular weight excluding hydrogens is 196 g/mol. The lowest BCUT2D eigenvalue weighted by Crippen LogP contribution is -3.00. The third kappa shape index (κ3) is 2.33. The Morgan fingerprint density at radius 2 is 2.50 bits per heavy atom. The predicted molar refractivity (Wildman–Crippen MR) is 33.9 cm³/mol. The van der Waals surface area contributed by atoms with E-state index in [4.69, 9.17) is 5.84 Å². The lowest BCUT2D eigenvalue weighted by Gasteiger charge is -2.05. The van der Waals surface area contributed by atoms with Crippen LogP contribution in [0.15, 0.2) is 18.9 Å². The molecular formula is C5H9BrN4. The van der Waals surface area contributed by atoms with Crippen LogP contribution in [-0.2, 0) is 0 Å². The van der Waals surface area contributed by atoms with Crippen LogP contribution in [0.3, 0.4) is 0 Å². The zero-order chi connectivity index (χ0) is 6.69. The molecule has 0 aromatic rings. The van der Waals surface area contributed by atoms with Crippen molar-refractivity contribution in [3.05, 3.63) is 25.1 Å². The molecule has 0 bridgehead atoms. The van der Waals surface area contributed by atoms with Crippen molar-refractivity contribution in [2.75, 3.05) is 6.54 Å². The first-order valence-corrected chi connectivity index (χ1v) is 2.61. The van der Waals surface area contributed by atoms with E-state index < -0.39 is 0 Å². The van der Waals surface area contributed by atoms with Gasteiger partial charge in [0.1, 0.15) is 6.54 Å². The number of nitrogens with one attached hydrogen (secondary N) is 1. The molecule has 56 valence electrons. The Bertz CT molecular complexity index is 136. The van der Waals surface area contributed by atoms with E-state index >= 15 is 0 Å². The average Bonchev–Trinajstić information content (AvgIpc) is 2.17. The normalized spacial score (nSPS) is 14.5. The lowest BCUT2D eigenvalue weighted by atomic mass is 10.6. The van der Waals surface area contributed by atoms with Crippen LogP contribution in [0.2, 0.25) is 0 Å². The Morgan fingerprint density at radius 3 is 2.90 bits per heavy atom. The second kappa shape index (κ2) is 4.24. The van der Waals surface area contributed by atoms with Gasteiger partial charge in [-0.3, -0.25) is 0 Å². The smallest absolute Gasteiger partial charge is 0.411 e. The fourth-order valence-corrected chi connectivity index (χ4v) is 0.552. The SMILES string of the molecule is C=CCN1[C+]=CN(N)N1.[Br-]. The molecule has 0 saturated heterocycles. The Kier molecular flexibility index (Phi) is 3.99. The summed E-state index contributed by atoms with van der Waals surface area (Å²) < 4.78 is 0. The molecule has 0 unspecified atom stereocenters. The highest BCUT2D eigenvalue weighted by Gasteiger charge is 2.19. The van der Waals surface area contributed by atoms with E-state index in [-0.39, 0.29) is 17.0 Å². The van der Waals surface area contributed by atoms with E-state index in [1.807, 2.05) is 0 Å². The molecule has 0 spiro atoms. The maximum atomic E-state index is 5.28. The summed E-state index contributed by atoms with van der Waals surface area (Å²) in [5, 5.41) is 3.01. The number of hydrogen-bond donors (Lipinski definition) is 2. The monoisotopic (exact) mass is 204 g/mol. The van der Waals surface area contributed by atoms with E-state index in [2.05, 4.69) is 18.3 Å². The van der Waals surface area contributed by atoms with Crippen LogP contribution in [-0.4, -0.2) is 16.7 Å². The minimum absolute atomic E-state index is 0. The zero-order valence-corrected chi connectivity index (χ0v) is 7.00. The van der Waals surface area contributed by atoms with Gasteiger partial charge in [0.25, 0.3) is 0 Å². The van der Waals surface area contributed by atoms with Crippen molar-refractivity contribution < 1.29 is 17.0 Å². The third-order valence-electron chi connectivity index (χ3n) is 0.901. The summed E-state index contributed by atoms with van der Waals surface area (Å²) in [6.07, 6.45) is 6.19. The molecule has 0 radical (unpaired) electrons. The van der Waals surface area contributed by atoms with Gasteiger partial charge in [-0.25, -0.2) is 5.84 Å². The number of hydrogen-bond acceptors (Lipinski definition) is 4. The average molecular weight is 205 g/mol. The van der Waals surface area contributed by atoms with Gasteiger partial charge in [-0.2, -0.15) is 5.12 Å². The third-order valence-corrected chi connectivity index (χ3v) is 0.901. The molecule has 0 aromatic heterocycles. The van der Waals surface area contributed by atoms with Gasteiger partial charge in [0, 0.05) is 0 Å². The molecule has 1 aliphatic rings. The lowest BCUT2D eigenvalue weighted by molar-refractivity contribution is -0.00000216. The largest absolute Gasteiger partial charge is 1.00 e. The van der Waals surface area contributed by atoms with Crippen molar-refractivity contribution >= 4 is 0 Å². The first-order valence-electron chi connectivity index (χ1n) is 2.61. The summed E-state index contributed by atoms with van der Waals surface area (Å²) in [5.74, 6) is 5.28. The van der Waals surface area contributed by atoms with Crippen LogP contribution in [0.1, 0.15) is 0 Å². The van der Waals surface area contributed by atoms with Crippen LogP contribution in [0.5, 0.6) is 0 Å². The van der Waals surface area contributed by atoms with Crippen molar-refractivity contribution in [3.8, 4) is 0 Å². The summed E-state index contributed by atoms with van der Waals surface area (Å²) in [4.78, 5) is 0. The summed E-state index contributed by atoms with van der Waals surface area (Å²) in [6.45, 7) is 4.25. The van der Waals surface area contributed by atoms with Crippen LogP contribution >= 0.6 is 0 Å². The summed E-state index contributed by atoms with van der Waals surface area (Å²) >= 11 is 0. The molecule has 1 aliphatic heterocycles. The van der Waals surface area contributed by atoms with Crippen LogP contribution in [0.4, 0.5) is 0 Å². The van der Waals surface area contributed by atoms with Gasteiger partial charge in [-0.05, 0) is 0 Å². The molecule has 10 heavy (non-hydrogen) atoms. The van der Waals surface area contributed by atoms with Crippen LogP contribution < -0.4 is 28.4 Å². The van der Waals surface area contributed by atoms with E-state index in [1.54, 1.807) is 17.3 Å². The molecule has 0 amide bonds. The van der Waals surface area contributed by atoms with E-state index in [9.17, 15) is 0 Å². The van der Waals surface area contributed by atoms with E-state index in [0.717, 1.165) is 0 Å². The predicted octanol–water partition coefficient (Wildman–Crippen LogP) is -3.64. The Hall–Kier alpha value is -0.610. The van der Waals surface area contributed by atoms with Crippen molar-refractivity contribution in [2.45, 2.75) is 0 Å². The molecule has 0 aliphatic carbocycles. The quantitative estimate of drug-likeness (QED) is 0.277. The van der Waals surface area contributed by atoms with E-state index in [1.165, 1.54) is 5.12 Å². The number of rotatable bonds is 2. The minimum Gasteiger partial charge on any atom is -1.00 e. The van der Waals surface area contributed by atoms with E-state index in [0.29, 0.717) is 6.54 Å². The summed E-state index contributed by atoms with van der Waals surface area (Å²) in [5.41, 5.74) is 2.76. The second-order valence-corrected chi connectivity index (χ2v) is 1.66. The molecule has 5 heteroatoms. The standard InChI is InChI=1S/C5H9N4.BrH/c1-2-3-8-4-5-9(6)7-8;/h2,5,7H,1,3,6H2;1H/q+1;/p-1. The van der Waals surface area contributed by atoms with Crippen molar-refractivity contribution in [1.82, 2.24) is 15.7 Å². The Balaban J connectivity index is 0.000000810. The molecule has 0 atom stereocenters. The molecule has 1 rings (SSSR count). The van der Waals surface area contributed by atoms with Crippen molar-refractivity contribution in [1.29, 1.82) is 0 Å². The van der Waals surface area contributed by atoms with Gasteiger partial charge >= 0.3 is 12.4 Å². The highest BCUT2D eigenvalue weighted by Crippen LogP contribution is 1.91. The fourth-order valence-electron chi connectivity index (χ4n) is 0.552. The van der Waals surface area contributed by atoms with Gasteiger partial charge in [0.2, 0.25) is 0 Å². The van der Waals surface area contributed by atoms with Gasteiger partial charge in [-0.15, -0.1) is 6.58 Å². The van der Waals surface area contributed by atoms with Gasteiger partial charge in [-0.1, -0.05) is 16.6 Å². The molecule has 3 N–H and O–H groups in total. The van der Waals surface area contributed by atoms with Gasteiger partial charge < -0.3 is 17.0 Å². The number of nitrogens with zero attached hydrogens (tertiary/aromatic N) is 2. The molecule has 0 aromatic carbocycles. The molecule has 0 fully saturated rings. The maximum absolute atomic E-state index is 5.28. The highest BCUT2D eigenvalue weighted by atomic mass is 79.9. The number of halogens is 1.